The Balaban J connectivity index is 2.39. The minimum absolute atomic E-state index is 0.0325. The largest absolute Gasteiger partial charge is 0.496 e. The average molecular weight is 230 g/mol. The van der Waals surface area contributed by atoms with Crippen LogP contribution in [0.3, 0.4) is 0 Å². The number of benzene rings is 1. The number of hydrogen-bond donors (Lipinski definition) is 0. The van der Waals surface area contributed by atoms with Crippen molar-refractivity contribution >= 4 is 5.78 Å². The Morgan fingerprint density at radius 1 is 1.24 bits per heavy atom. The van der Waals surface area contributed by atoms with Crippen molar-refractivity contribution in [1.82, 2.24) is 0 Å². The summed E-state index contributed by atoms with van der Waals surface area (Å²) in [5, 5.41) is 0. The molecule has 2 nitrogen and oxygen atoms in total. The van der Waals surface area contributed by atoms with Crippen molar-refractivity contribution in [2.24, 2.45) is 0 Å². The highest BCUT2D eigenvalue weighted by Crippen LogP contribution is 2.37. The zero-order chi connectivity index (χ0) is 12.4. The van der Waals surface area contributed by atoms with Crippen LogP contribution in [0.1, 0.15) is 38.2 Å². The highest BCUT2D eigenvalue weighted by atomic mass is 16.5. The van der Waals surface area contributed by atoms with Crippen LogP contribution in [-0.4, -0.2) is 12.9 Å². The predicted octanol–water partition coefficient (Wildman–Crippen LogP) is 3.48. The first-order chi connectivity index (χ1) is 8.15. The fraction of sp³-hybridized carbons (Fsp3) is 0.400. The van der Waals surface area contributed by atoms with Gasteiger partial charge in [-0.2, -0.15) is 0 Å². The summed E-state index contributed by atoms with van der Waals surface area (Å²) < 4.78 is 5.34. The van der Waals surface area contributed by atoms with Crippen LogP contribution in [0.2, 0.25) is 0 Å². The van der Waals surface area contributed by atoms with Crippen molar-refractivity contribution in [3.63, 3.8) is 0 Å². The minimum Gasteiger partial charge on any atom is -0.496 e. The Labute approximate surface area is 102 Å². The number of Topliss-reactive ketones (excluding diaryl/α,β-unsaturated/α-hetero) is 1. The summed E-state index contributed by atoms with van der Waals surface area (Å²) in [5.41, 5.74) is 3.17. The second-order valence-electron chi connectivity index (χ2n) is 4.60. The van der Waals surface area contributed by atoms with Crippen LogP contribution in [0, 0.1) is 0 Å². The molecule has 0 saturated carbocycles. The van der Waals surface area contributed by atoms with Gasteiger partial charge < -0.3 is 4.74 Å². The molecule has 1 aromatic rings. The summed E-state index contributed by atoms with van der Waals surface area (Å²) in [4.78, 5) is 12.3. The van der Waals surface area contributed by atoms with Gasteiger partial charge in [0.05, 0.1) is 13.0 Å². The van der Waals surface area contributed by atoms with E-state index < -0.39 is 0 Å². The Bertz CT molecular complexity index is 472. The molecule has 0 aromatic heterocycles. The summed E-state index contributed by atoms with van der Waals surface area (Å²) in [6.07, 6.45) is 1.89. The number of rotatable bonds is 2. The van der Waals surface area contributed by atoms with Gasteiger partial charge in [0.1, 0.15) is 5.75 Å². The van der Waals surface area contributed by atoms with Crippen molar-refractivity contribution in [3.8, 4) is 5.75 Å². The molecule has 90 valence electrons. The molecule has 0 spiro atoms. The van der Waals surface area contributed by atoms with Gasteiger partial charge in [0.15, 0.2) is 5.78 Å². The first kappa shape index (κ1) is 11.9. The number of carbonyl (C=O) groups excluding carboxylic acids is 1. The van der Waals surface area contributed by atoms with Gasteiger partial charge in [0, 0.05) is 5.56 Å². The fourth-order valence-electron chi connectivity index (χ4n) is 2.40. The molecule has 0 bridgehead atoms. The quantitative estimate of drug-likeness (QED) is 0.777. The van der Waals surface area contributed by atoms with Gasteiger partial charge in [-0.05, 0) is 38.3 Å². The molecule has 0 saturated heterocycles. The topological polar surface area (TPSA) is 26.3 Å². The number of carbonyl (C=O) groups is 1. The van der Waals surface area contributed by atoms with Crippen molar-refractivity contribution in [2.45, 2.75) is 32.6 Å². The average Bonchev–Trinajstić information content (AvgIpc) is 2.36. The molecular formula is C15H18O2. The molecule has 0 radical (unpaired) electrons. The van der Waals surface area contributed by atoms with Gasteiger partial charge in [0.2, 0.25) is 0 Å². The van der Waals surface area contributed by atoms with Crippen LogP contribution in [0.25, 0.3) is 0 Å². The molecule has 17 heavy (non-hydrogen) atoms. The summed E-state index contributed by atoms with van der Waals surface area (Å²) in [6, 6.07) is 7.81. The van der Waals surface area contributed by atoms with E-state index in [0.29, 0.717) is 0 Å². The standard InChI is InChI=1S/C15H18O2/c1-10-8-9-13(15(16)11(10)2)12-6-4-5-7-14(12)17-3/h4-7,13H,8-9H2,1-3H3. The highest BCUT2D eigenvalue weighted by Gasteiger charge is 2.28. The summed E-state index contributed by atoms with van der Waals surface area (Å²) >= 11 is 0. The lowest BCUT2D eigenvalue weighted by Crippen LogP contribution is -2.19. The first-order valence-corrected chi connectivity index (χ1v) is 5.98. The van der Waals surface area contributed by atoms with Crippen LogP contribution in [0.5, 0.6) is 5.75 Å². The normalized spacial score (nSPS) is 20.6. The molecule has 0 fully saturated rings. The van der Waals surface area contributed by atoms with Crippen LogP contribution in [0.15, 0.2) is 35.4 Å². The third-order valence-electron chi connectivity index (χ3n) is 3.65. The number of para-hydroxylation sites is 1. The number of ketones is 1. The van der Waals surface area contributed by atoms with E-state index in [1.165, 1.54) is 5.57 Å². The molecule has 1 aromatic carbocycles. The monoisotopic (exact) mass is 230 g/mol. The van der Waals surface area contributed by atoms with Crippen LogP contribution >= 0.6 is 0 Å². The molecule has 0 amide bonds. The van der Waals surface area contributed by atoms with Crippen molar-refractivity contribution in [3.05, 3.63) is 41.0 Å². The molecule has 2 heteroatoms. The van der Waals surface area contributed by atoms with Gasteiger partial charge in [-0.25, -0.2) is 0 Å². The van der Waals surface area contributed by atoms with Crippen LogP contribution in [-0.2, 0) is 4.79 Å². The number of allylic oxidation sites excluding steroid dienone is 2. The number of methoxy groups -OCH3 is 1. The summed E-state index contributed by atoms with van der Waals surface area (Å²) in [6.45, 7) is 3.98. The van der Waals surface area contributed by atoms with E-state index in [2.05, 4.69) is 0 Å². The lowest BCUT2D eigenvalue weighted by molar-refractivity contribution is -0.117. The molecule has 1 aliphatic rings. The summed E-state index contributed by atoms with van der Waals surface area (Å²) in [7, 11) is 1.65. The van der Waals surface area contributed by atoms with E-state index in [1.54, 1.807) is 7.11 Å². The van der Waals surface area contributed by atoms with Crippen LogP contribution in [0.4, 0.5) is 0 Å². The Morgan fingerprint density at radius 3 is 2.65 bits per heavy atom. The Hall–Kier alpha value is -1.57. The molecule has 0 N–H and O–H groups in total. The smallest absolute Gasteiger partial charge is 0.166 e. The second kappa shape index (κ2) is 4.74. The SMILES string of the molecule is COc1ccccc1C1CCC(C)=C(C)C1=O. The van der Waals surface area contributed by atoms with E-state index in [4.69, 9.17) is 4.74 Å². The Kier molecular flexibility index (Phi) is 3.32. The molecule has 0 aliphatic heterocycles. The molecular weight excluding hydrogens is 212 g/mol. The van der Waals surface area contributed by atoms with Gasteiger partial charge >= 0.3 is 0 Å². The zero-order valence-corrected chi connectivity index (χ0v) is 10.6. The lowest BCUT2D eigenvalue weighted by atomic mass is 9.80. The maximum absolute atomic E-state index is 12.3. The van der Waals surface area contributed by atoms with E-state index >= 15 is 0 Å². The molecule has 1 aliphatic carbocycles. The van der Waals surface area contributed by atoms with E-state index in [0.717, 1.165) is 29.7 Å². The number of ether oxygens (including phenoxy) is 1. The first-order valence-electron chi connectivity index (χ1n) is 5.98. The van der Waals surface area contributed by atoms with Crippen LogP contribution < -0.4 is 4.74 Å². The van der Waals surface area contributed by atoms with Gasteiger partial charge in [-0.1, -0.05) is 23.8 Å². The molecule has 1 unspecified atom stereocenters. The fourth-order valence-corrected chi connectivity index (χ4v) is 2.40. The highest BCUT2D eigenvalue weighted by molar-refractivity contribution is 6.01. The third-order valence-corrected chi connectivity index (χ3v) is 3.65. The minimum atomic E-state index is -0.0325. The van der Waals surface area contributed by atoms with Gasteiger partial charge in [-0.3, -0.25) is 4.79 Å². The summed E-state index contributed by atoms with van der Waals surface area (Å²) in [5.74, 6) is 1.03. The van der Waals surface area contributed by atoms with E-state index in [1.807, 2.05) is 38.1 Å². The third kappa shape index (κ3) is 2.12. The van der Waals surface area contributed by atoms with E-state index in [9.17, 15) is 4.79 Å². The van der Waals surface area contributed by atoms with Gasteiger partial charge in [-0.15, -0.1) is 0 Å². The van der Waals surface area contributed by atoms with Crippen molar-refractivity contribution in [2.75, 3.05) is 7.11 Å². The van der Waals surface area contributed by atoms with Gasteiger partial charge in [0.25, 0.3) is 0 Å². The lowest BCUT2D eigenvalue weighted by Gasteiger charge is -2.24. The van der Waals surface area contributed by atoms with Crippen molar-refractivity contribution < 1.29 is 9.53 Å². The zero-order valence-electron chi connectivity index (χ0n) is 10.6. The molecule has 1 atom stereocenters. The molecule has 0 heterocycles. The van der Waals surface area contributed by atoms with Crippen molar-refractivity contribution in [1.29, 1.82) is 0 Å². The molecule has 2 rings (SSSR count). The maximum atomic E-state index is 12.3. The Morgan fingerprint density at radius 2 is 1.94 bits per heavy atom. The van der Waals surface area contributed by atoms with E-state index in [-0.39, 0.29) is 11.7 Å². The second-order valence-corrected chi connectivity index (χ2v) is 4.60. The number of hydrogen-bond acceptors (Lipinski definition) is 2. The predicted molar refractivity (Wildman–Crippen MR) is 68.4 cm³/mol. The maximum Gasteiger partial charge on any atom is 0.166 e.